The van der Waals surface area contributed by atoms with Crippen LogP contribution in [0, 0.1) is 5.41 Å². The van der Waals surface area contributed by atoms with E-state index >= 15 is 0 Å². The topological polar surface area (TPSA) is 69.6 Å². The van der Waals surface area contributed by atoms with E-state index in [0.717, 1.165) is 32.1 Å². The maximum absolute atomic E-state index is 12.1. The highest BCUT2D eigenvalue weighted by atomic mass is 16.4. The van der Waals surface area contributed by atoms with Crippen molar-refractivity contribution in [1.29, 1.82) is 0 Å². The second-order valence-electron chi connectivity index (χ2n) is 6.64. The molecule has 2 N–H and O–H groups in total. The molecule has 0 saturated heterocycles. The number of aliphatic carboxylic acids is 1. The Morgan fingerprint density at radius 3 is 2.35 bits per heavy atom. The van der Waals surface area contributed by atoms with Gasteiger partial charge in [0.25, 0.3) is 0 Å². The van der Waals surface area contributed by atoms with Gasteiger partial charge in [0, 0.05) is 13.1 Å². The molecule has 1 aliphatic rings. The Labute approximate surface area is 121 Å². The number of carbonyl (C=O) groups is 2. The zero-order chi connectivity index (χ0) is 15.3. The number of carboxylic acid groups (broad SMARTS) is 1. The molecule has 0 radical (unpaired) electrons. The van der Waals surface area contributed by atoms with Crippen molar-refractivity contribution in [2.45, 2.75) is 71.4 Å². The third kappa shape index (κ3) is 4.69. The summed E-state index contributed by atoms with van der Waals surface area (Å²) in [6.07, 6.45) is 5.38. The summed E-state index contributed by atoms with van der Waals surface area (Å²) in [5, 5.41) is 11.7. The predicted molar refractivity (Wildman–Crippen MR) is 78.7 cm³/mol. The lowest BCUT2D eigenvalue weighted by Gasteiger charge is -2.38. The van der Waals surface area contributed by atoms with Gasteiger partial charge in [0.2, 0.25) is 0 Å². The van der Waals surface area contributed by atoms with Crippen molar-refractivity contribution in [2.75, 3.05) is 7.05 Å². The van der Waals surface area contributed by atoms with Crippen LogP contribution in [0.4, 0.5) is 4.79 Å². The first-order valence-electron chi connectivity index (χ1n) is 7.53. The molecule has 2 amide bonds. The van der Waals surface area contributed by atoms with Crippen molar-refractivity contribution >= 4 is 12.0 Å². The highest BCUT2D eigenvalue weighted by molar-refractivity contribution is 5.82. The molecular formula is C15H28N2O3. The second kappa shape index (κ2) is 6.95. The maximum Gasteiger partial charge on any atom is 0.326 e. The van der Waals surface area contributed by atoms with E-state index in [4.69, 9.17) is 5.11 Å². The van der Waals surface area contributed by atoms with Crippen molar-refractivity contribution in [1.82, 2.24) is 10.2 Å². The van der Waals surface area contributed by atoms with E-state index in [1.807, 2.05) is 6.92 Å². The van der Waals surface area contributed by atoms with Gasteiger partial charge in [-0.05, 0) is 37.5 Å². The molecule has 20 heavy (non-hydrogen) atoms. The molecule has 0 bridgehead atoms. The van der Waals surface area contributed by atoms with Crippen LogP contribution >= 0.6 is 0 Å². The molecule has 1 rings (SSSR count). The van der Waals surface area contributed by atoms with E-state index in [2.05, 4.69) is 19.2 Å². The van der Waals surface area contributed by atoms with Gasteiger partial charge in [-0.1, -0.05) is 27.2 Å². The van der Waals surface area contributed by atoms with Crippen LogP contribution in [0.2, 0.25) is 0 Å². The molecule has 0 heterocycles. The van der Waals surface area contributed by atoms with Gasteiger partial charge in [-0.15, -0.1) is 0 Å². The summed E-state index contributed by atoms with van der Waals surface area (Å²) in [4.78, 5) is 24.9. The summed E-state index contributed by atoms with van der Waals surface area (Å²) in [6.45, 7) is 6.42. The SMILES string of the molecule is CCC[C@@H](NC(=O)N(C)C1CCC(C)(C)CC1)C(=O)O. The summed E-state index contributed by atoms with van der Waals surface area (Å²) < 4.78 is 0. The number of carboxylic acids is 1. The van der Waals surface area contributed by atoms with Gasteiger partial charge in [0.15, 0.2) is 0 Å². The molecule has 5 nitrogen and oxygen atoms in total. The fourth-order valence-electron chi connectivity index (χ4n) is 2.73. The molecule has 0 aromatic heterocycles. The first-order chi connectivity index (χ1) is 9.26. The molecular weight excluding hydrogens is 256 g/mol. The molecule has 1 aliphatic carbocycles. The molecule has 0 aromatic carbocycles. The van der Waals surface area contributed by atoms with E-state index in [1.54, 1.807) is 11.9 Å². The number of nitrogens with one attached hydrogen (secondary N) is 1. The lowest BCUT2D eigenvalue weighted by atomic mass is 9.75. The standard InChI is InChI=1S/C15H28N2O3/c1-5-6-12(13(18)19)16-14(20)17(4)11-7-9-15(2,3)10-8-11/h11-12H,5-10H2,1-4H3,(H,16,20)(H,18,19)/t12-/m1/s1. The summed E-state index contributed by atoms with van der Waals surface area (Å²) >= 11 is 0. The monoisotopic (exact) mass is 284 g/mol. The molecule has 0 aliphatic heterocycles. The van der Waals surface area contributed by atoms with E-state index < -0.39 is 12.0 Å². The minimum Gasteiger partial charge on any atom is -0.480 e. The number of hydrogen-bond acceptors (Lipinski definition) is 2. The van der Waals surface area contributed by atoms with Gasteiger partial charge < -0.3 is 15.3 Å². The van der Waals surface area contributed by atoms with E-state index in [9.17, 15) is 9.59 Å². The van der Waals surface area contributed by atoms with Crippen molar-refractivity contribution in [3.8, 4) is 0 Å². The fraction of sp³-hybridized carbons (Fsp3) is 0.867. The molecule has 0 aromatic rings. The van der Waals surface area contributed by atoms with Crippen molar-refractivity contribution in [3.05, 3.63) is 0 Å². The Bertz CT molecular complexity index is 345. The van der Waals surface area contributed by atoms with Gasteiger partial charge >= 0.3 is 12.0 Å². The van der Waals surface area contributed by atoms with Gasteiger partial charge in [0.05, 0.1) is 0 Å². The van der Waals surface area contributed by atoms with Crippen LogP contribution < -0.4 is 5.32 Å². The van der Waals surface area contributed by atoms with Gasteiger partial charge in [0.1, 0.15) is 6.04 Å². The number of carbonyl (C=O) groups excluding carboxylic acids is 1. The molecule has 0 unspecified atom stereocenters. The van der Waals surface area contributed by atoms with E-state index in [0.29, 0.717) is 11.8 Å². The minimum absolute atomic E-state index is 0.221. The number of nitrogens with zero attached hydrogens (tertiary/aromatic N) is 1. The van der Waals surface area contributed by atoms with E-state index in [-0.39, 0.29) is 12.1 Å². The van der Waals surface area contributed by atoms with Crippen LogP contribution in [-0.2, 0) is 4.79 Å². The van der Waals surface area contributed by atoms with Gasteiger partial charge in [-0.2, -0.15) is 0 Å². The summed E-state index contributed by atoms with van der Waals surface area (Å²) in [5.41, 5.74) is 0.361. The van der Waals surface area contributed by atoms with Crippen molar-refractivity contribution < 1.29 is 14.7 Å². The van der Waals surface area contributed by atoms with Crippen LogP contribution in [-0.4, -0.2) is 41.1 Å². The quantitative estimate of drug-likeness (QED) is 0.815. The third-order valence-electron chi connectivity index (χ3n) is 4.35. The molecule has 5 heteroatoms. The average molecular weight is 284 g/mol. The lowest BCUT2D eigenvalue weighted by Crippen LogP contribution is -2.50. The Morgan fingerprint density at radius 1 is 1.35 bits per heavy atom. The van der Waals surface area contributed by atoms with Gasteiger partial charge in [-0.3, -0.25) is 0 Å². The molecule has 1 atom stereocenters. The Morgan fingerprint density at radius 2 is 1.90 bits per heavy atom. The molecule has 1 saturated carbocycles. The predicted octanol–water partition coefficient (Wildman–Crippen LogP) is 2.85. The highest BCUT2D eigenvalue weighted by Crippen LogP contribution is 2.36. The van der Waals surface area contributed by atoms with Crippen LogP contribution in [0.1, 0.15) is 59.3 Å². The second-order valence-corrected chi connectivity index (χ2v) is 6.64. The number of amides is 2. The van der Waals surface area contributed by atoms with Gasteiger partial charge in [-0.25, -0.2) is 9.59 Å². The fourth-order valence-corrected chi connectivity index (χ4v) is 2.73. The molecule has 1 fully saturated rings. The lowest BCUT2D eigenvalue weighted by molar-refractivity contribution is -0.139. The van der Waals surface area contributed by atoms with E-state index in [1.165, 1.54) is 0 Å². The Kier molecular flexibility index (Phi) is 5.84. The smallest absolute Gasteiger partial charge is 0.326 e. The summed E-state index contributed by atoms with van der Waals surface area (Å²) in [7, 11) is 1.77. The normalized spacial score (nSPS) is 20.2. The van der Waals surface area contributed by atoms with Crippen molar-refractivity contribution in [2.24, 2.45) is 5.41 Å². The first-order valence-corrected chi connectivity index (χ1v) is 7.53. The largest absolute Gasteiger partial charge is 0.480 e. The summed E-state index contributed by atoms with van der Waals surface area (Å²) in [5.74, 6) is -0.960. The first kappa shape index (κ1) is 16.8. The highest BCUT2D eigenvalue weighted by Gasteiger charge is 2.31. The molecule has 116 valence electrons. The number of rotatable bonds is 5. The third-order valence-corrected chi connectivity index (χ3v) is 4.35. The molecule has 0 spiro atoms. The Hall–Kier alpha value is -1.26. The number of urea groups is 1. The van der Waals surface area contributed by atoms with Crippen LogP contribution in [0.15, 0.2) is 0 Å². The summed E-state index contributed by atoms with van der Waals surface area (Å²) in [6, 6.07) is -0.829. The zero-order valence-corrected chi connectivity index (χ0v) is 13.1. The van der Waals surface area contributed by atoms with Crippen molar-refractivity contribution in [3.63, 3.8) is 0 Å². The minimum atomic E-state index is -0.960. The number of hydrogen-bond donors (Lipinski definition) is 2. The average Bonchev–Trinajstić information content (AvgIpc) is 2.37. The van der Waals surface area contributed by atoms with Crippen LogP contribution in [0.3, 0.4) is 0 Å². The zero-order valence-electron chi connectivity index (χ0n) is 13.1. The maximum atomic E-state index is 12.1. The Balaban J connectivity index is 2.52. The van der Waals surface area contributed by atoms with Crippen LogP contribution in [0.25, 0.3) is 0 Å². The van der Waals surface area contributed by atoms with Crippen LogP contribution in [0.5, 0.6) is 0 Å².